The van der Waals surface area contributed by atoms with Crippen LogP contribution >= 0.6 is 35.6 Å². The summed E-state index contributed by atoms with van der Waals surface area (Å²) < 4.78 is 7.16. The summed E-state index contributed by atoms with van der Waals surface area (Å²) in [7, 11) is 5.62. The Kier molecular flexibility index (Phi) is 7.74. The smallest absolute Gasteiger partial charge is 0.193 e. The Bertz CT molecular complexity index is 596. The zero-order valence-electron chi connectivity index (χ0n) is 12.9. The lowest BCUT2D eigenvalue weighted by Gasteiger charge is -2.21. The first kappa shape index (κ1) is 18.8. The van der Waals surface area contributed by atoms with E-state index < -0.39 is 0 Å². The molecule has 0 radical (unpaired) electrons. The highest BCUT2D eigenvalue weighted by Crippen LogP contribution is 2.10. The number of imidazole rings is 1. The van der Waals surface area contributed by atoms with Gasteiger partial charge in [0.15, 0.2) is 5.96 Å². The van der Waals surface area contributed by atoms with Gasteiger partial charge in [-0.2, -0.15) is 0 Å². The first-order valence-electron chi connectivity index (χ1n) is 6.72. The van der Waals surface area contributed by atoms with Crippen LogP contribution in [-0.2, 0) is 20.0 Å². The molecule has 0 fully saturated rings. The lowest BCUT2D eigenvalue weighted by atomic mass is 10.3. The SMILES string of the molecule is CN=C(NCCc1ccco1)N(C)Cc1ncc(Cl)n1C.I. The van der Waals surface area contributed by atoms with Gasteiger partial charge >= 0.3 is 0 Å². The number of guanidine groups is 1. The maximum absolute atomic E-state index is 5.99. The van der Waals surface area contributed by atoms with Crippen LogP contribution in [0.5, 0.6) is 0 Å². The number of nitrogens with one attached hydrogen (secondary N) is 1. The molecule has 122 valence electrons. The first-order valence-corrected chi connectivity index (χ1v) is 7.10. The molecule has 2 heterocycles. The van der Waals surface area contributed by atoms with E-state index in [1.54, 1.807) is 19.5 Å². The Morgan fingerprint density at radius 3 is 2.86 bits per heavy atom. The van der Waals surface area contributed by atoms with Crippen LogP contribution < -0.4 is 5.32 Å². The van der Waals surface area contributed by atoms with Gasteiger partial charge in [0.25, 0.3) is 0 Å². The molecule has 0 atom stereocenters. The van der Waals surface area contributed by atoms with Crippen molar-refractivity contribution in [3.63, 3.8) is 0 Å². The molecular weight excluding hydrogens is 417 g/mol. The number of aromatic nitrogens is 2. The van der Waals surface area contributed by atoms with Crippen LogP contribution in [0.1, 0.15) is 11.6 Å². The minimum Gasteiger partial charge on any atom is -0.469 e. The Balaban J connectivity index is 0.00000242. The van der Waals surface area contributed by atoms with Gasteiger partial charge in [-0.3, -0.25) is 4.99 Å². The molecular formula is C14H21ClIN5O. The van der Waals surface area contributed by atoms with Gasteiger partial charge in [-0.15, -0.1) is 24.0 Å². The highest BCUT2D eigenvalue weighted by Gasteiger charge is 2.11. The molecule has 6 nitrogen and oxygen atoms in total. The minimum atomic E-state index is 0. The topological polar surface area (TPSA) is 58.6 Å². The summed E-state index contributed by atoms with van der Waals surface area (Å²) in [6.07, 6.45) is 4.15. The van der Waals surface area contributed by atoms with E-state index in [2.05, 4.69) is 15.3 Å². The predicted octanol–water partition coefficient (Wildman–Crippen LogP) is 2.53. The van der Waals surface area contributed by atoms with Crippen LogP contribution in [-0.4, -0.2) is 41.1 Å². The third-order valence-electron chi connectivity index (χ3n) is 3.21. The first-order chi connectivity index (χ1) is 10.1. The summed E-state index contributed by atoms with van der Waals surface area (Å²) >= 11 is 5.99. The minimum absolute atomic E-state index is 0. The normalized spacial score (nSPS) is 11.2. The van der Waals surface area contributed by atoms with Crippen LogP contribution in [0.2, 0.25) is 5.15 Å². The second-order valence-electron chi connectivity index (χ2n) is 4.72. The van der Waals surface area contributed by atoms with Crippen molar-refractivity contribution in [2.75, 3.05) is 20.6 Å². The summed E-state index contributed by atoms with van der Waals surface area (Å²) in [6.45, 7) is 1.38. The molecule has 22 heavy (non-hydrogen) atoms. The Hall–Kier alpha value is -1.22. The number of halogens is 2. The molecule has 0 aromatic carbocycles. The second-order valence-corrected chi connectivity index (χ2v) is 5.10. The quantitative estimate of drug-likeness (QED) is 0.444. The second kappa shape index (κ2) is 9.04. The van der Waals surface area contributed by atoms with E-state index in [0.29, 0.717) is 11.7 Å². The number of aliphatic imine (C=N–C) groups is 1. The van der Waals surface area contributed by atoms with Crippen molar-refractivity contribution >= 4 is 41.5 Å². The molecule has 0 saturated carbocycles. The predicted molar refractivity (Wildman–Crippen MR) is 98.9 cm³/mol. The van der Waals surface area contributed by atoms with Crippen molar-refractivity contribution in [2.45, 2.75) is 13.0 Å². The Labute approximate surface area is 152 Å². The fourth-order valence-corrected chi connectivity index (χ4v) is 2.14. The maximum Gasteiger partial charge on any atom is 0.193 e. The number of nitrogens with zero attached hydrogens (tertiary/aromatic N) is 4. The van der Waals surface area contributed by atoms with Crippen molar-refractivity contribution in [3.05, 3.63) is 41.3 Å². The lowest BCUT2D eigenvalue weighted by Crippen LogP contribution is -2.39. The monoisotopic (exact) mass is 437 g/mol. The molecule has 8 heteroatoms. The van der Waals surface area contributed by atoms with Crippen LogP contribution in [0.25, 0.3) is 0 Å². The Morgan fingerprint density at radius 1 is 1.55 bits per heavy atom. The summed E-state index contributed by atoms with van der Waals surface area (Å²) in [4.78, 5) is 10.6. The van der Waals surface area contributed by atoms with Crippen LogP contribution in [0.15, 0.2) is 34.0 Å². The average molecular weight is 438 g/mol. The van der Waals surface area contributed by atoms with Crippen molar-refractivity contribution in [3.8, 4) is 0 Å². The molecule has 0 bridgehead atoms. The van der Waals surface area contributed by atoms with Gasteiger partial charge in [0.2, 0.25) is 0 Å². The molecule has 0 aliphatic carbocycles. The zero-order valence-corrected chi connectivity index (χ0v) is 16.0. The Morgan fingerprint density at radius 2 is 2.32 bits per heavy atom. The number of hydrogen-bond donors (Lipinski definition) is 1. The molecule has 0 spiro atoms. The van der Waals surface area contributed by atoms with E-state index in [1.807, 2.05) is 35.7 Å². The summed E-state index contributed by atoms with van der Waals surface area (Å²) in [5.41, 5.74) is 0. The number of furan rings is 1. The summed E-state index contributed by atoms with van der Waals surface area (Å²) in [6, 6.07) is 3.85. The standard InChI is InChI=1S/C14H20ClN5O.HI/c1-16-14(17-7-6-11-5-4-8-21-11)19(2)10-13-18-9-12(15)20(13)3;/h4-5,8-9H,6-7,10H2,1-3H3,(H,16,17);1H. The molecule has 0 aliphatic rings. The molecule has 1 N–H and O–H groups in total. The molecule has 2 aromatic heterocycles. The number of rotatable bonds is 5. The van der Waals surface area contributed by atoms with E-state index >= 15 is 0 Å². The zero-order chi connectivity index (χ0) is 15.2. The highest BCUT2D eigenvalue weighted by atomic mass is 127. The molecule has 0 aliphatic heterocycles. The molecule has 0 amide bonds. The largest absolute Gasteiger partial charge is 0.469 e. The highest BCUT2D eigenvalue weighted by molar-refractivity contribution is 14.0. The molecule has 2 aromatic rings. The van der Waals surface area contributed by atoms with Gasteiger partial charge in [0.1, 0.15) is 16.7 Å². The fraction of sp³-hybridized carbons (Fsp3) is 0.429. The number of hydrogen-bond acceptors (Lipinski definition) is 3. The summed E-state index contributed by atoms with van der Waals surface area (Å²) in [5.74, 6) is 2.65. The van der Waals surface area contributed by atoms with Crippen molar-refractivity contribution < 1.29 is 4.42 Å². The maximum atomic E-state index is 5.99. The van der Waals surface area contributed by atoms with Gasteiger partial charge in [0.05, 0.1) is 19.0 Å². The van der Waals surface area contributed by atoms with Crippen LogP contribution in [0.4, 0.5) is 0 Å². The third kappa shape index (κ3) is 4.91. The van der Waals surface area contributed by atoms with Gasteiger partial charge in [-0.25, -0.2) is 4.98 Å². The van der Waals surface area contributed by atoms with Crippen LogP contribution in [0.3, 0.4) is 0 Å². The van der Waals surface area contributed by atoms with Gasteiger partial charge in [-0.05, 0) is 12.1 Å². The molecule has 0 unspecified atom stereocenters. The van der Waals surface area contributed by atoms with Crippen molar-refractivity contribution in [1.82, 2.24) is 19.8 Å². The average Bonchev–Trinajstić information content (AvgIpc) is 3.09. The molecule has 0 saturated heterocycles. The third-order valence-corrected chi connectivity index (χ3v) is 3.57. The molecule has 2 rings (SSSR count). The van der Waals surface area contributed by atoms with E-state index in [9.17, 15) is 0 Å². The van der Waals surface area contributed by atoms with E-state index in [0.717, 1.165) is 30.5 Å². The van der Waals surface area contributed by atoms with Gasteiger partial charge in [0, 0.05) is 34.1 Å². The van der Waals surface area contributed by atoms with Gasteiger partial charge < -0.3 is 19.2 Å². The van der Waals surface area contributed by atoms with E-state index in [-0.39, 0.29) is 24.0 Å². The summed E-state index contributed by atoms with van der Waals surface area (Å²) in [5, 5.41) is 3.92. The lowest BCUT2D eigenvalue weighted by molar-refractivity contribution is 0.450. The van der Waals surface area contributed by atoms with Gasteiger partial charge in [-0.1, -0.05) is 11.6 Å². The van der Waals surface area contributed by atoms with Crippen LogP contribution in [0, 0.1) is 0 Å². The van der Waals surface area contributed by atoms with E-state index in [4.69, 9.17) is 16.0 Å². The van der Waals surface area contributed by atoms with Crippen molar-refractivity contribution in [2.24, 2.45) is 12.0 Å². The fourth-order valence-electron chi connectivity index (χ4n) is 2.00. The van der Waals surface area contributed by atoms with Crippen molar-refractivity contribution in [1.29, 1.82) is 0 Å². The van der Waals surface area contributed by atoms with E-state index in [1.165, 1.54) is 0 Å².